The van der Waals surface area contributed by atoms with Crippen molar-refractivity contribution in [3.8, 4) is 0 Å². The number of carbonyl (C=O) groups is 1. The third kappa shape index (κ3) is 6.71. The molecule has 9 heteroatoms. The van der Waals surface area contributed by atoms with Gasteiger partial charge in [0.05, 0.1) is 0 Å². The SMILES string of the molecule is CCNC(=NCC(=O)N1CCCC1)NCCc1nc(C)no1.I. The number of likely N-dealkylation sites (tertiary alicyclic amines) is 1. The van der Waals surface area contributed by atoms with Gasteiger partial charge in [0.2, 0.25) is 11.8 Å². The van der Waals surface area contributed by atoms with Crippen molar-refractivity contribution in [2.45, 2.75) is 33.1 Å². The molecule has 0 spiro atoms. The number of guanidine groups is 1. The lowest BCUT2D eigenvalue weighted by molar-refractivity contribution is -0.128. The Bertz CT molecular complexity index is 513. The molecule has 2 N–H and O–H groups in total. The standard InChI is InChI=1S/C14H24N6O2.HI/c1-3-15-14(16-7-6-12-18-11(2)19-22-12)17-10-13(21)20-8-4-5-9-20;/h3-10H2,1-2H3,(H2,15,16,17);1H. The van der Waals surface area contributed by atoms with Gasteiger partial charge in [-0.05, 0) is 26.7 Å². The number of carbonyl (C=O) groups excluding carboxylic acids is 1. The van der Waals surface area contributed by atoms with Crippen molar-refractivity contribution >= 4 is 35.8 Å². The van der Waals surface area contributed by atoms with Crippen molar-refractivity contribution in [1.82, 2.24) is 25.7 Å². The van der Waals surface area contributed by atoms with Gasteiger partial charge in [-0.1, -0.05) is 5.16 Å². The fraction of sp³-hybridized carbons (Fsp3) is 0.714. The highest BCUT2D eigenvalue weighted by atomic mass is 127. The van der Waals surface area contributed by atoms with Gasteiger partial charge in [-0.3, -0.25) is 4.79 Å². The summed E-state index contributed by atoms with van der Waals surface area (Å²) in [4.78, 5) is 22.3. The fourth-order valence-corrected chi connectivity index (χ4v) is 2.28. The molecule has 1 aliphatic heterocycles. The Kier molecular flexibility index (Phi) is 8.89. The lowest BCUT2D eigenvalue weighted by Gasteiger charge is -2.15. The zero-order chi connectivity index (χ0) is 15.8. The van der Waals surface area contributed by atoms with Crippen LogP contribution in [0.1, 0.15) is 31.5 Å². The van der Waals surface area contributed by atoms with E-state index in [1.54, 1.807) is 6.92 Å². The molecule has 1 saturated heterocycles. The van der Waals surface area contributed by atoms with Gasteiger partial charge >= 0.3 is 0 Å². The number of nitrogens with one attached hydrogen (secondary N) is 2. The minimum Gasteiger partial charge on any atom is -0.357 e. The average molecular weight is 436 g/mol. The lowest BCUT2D eigenvalue weighted by atomic mass is 10.4. The van der Waals surface area contributed by atoms with E-state index in [-0.39, 0.29) is 36.4 Å². The van der Waals surface area contributed by atoms with Gasteiger partial charge in [-0.25, -0.2) is 4.99 Å². The molecule has 130 valence electrons. The van der Waals surface area contributed by atoms with Crippen LogP contribution < -0.4 is 10.6 Å². The molecule has 1 aliphatic rings. The van der Waals surface area contributed by atoms with Gasteiger partial charge < -0.3 is 20.1 Å². The highest BCUT2D eigenvalue weighted by Gasteiger charge is 2.17. The highest BCUT2D eigenvalue weighted by molar-refractivity contribution is 14.0. The molecule has 0 aromatic carbocycles. The van der Waals surface area contributed by atoms with E-state index >= 15 is 0 Å². The molecule has 0 aliphatic carbocycles. The number of hydrogen-bond donors (Lipinski definition) is 2. The Hall–Kier alpha value is -1.39. The Balaban J connectivity index is 0.00000264. The van der Waals surface area contributed by atoms with Crippen LogP contribution >= 0.6 is 24.0 Å². The molecule has 0 radical (unpaired) electrons. The van der Waals surface area contributed by atoms with E-state index in [0.29, 0.717) is 30.6 Å². The summed E-state index contributed by atoms with van der Waals surface area (Å²) < 4.78 is 5.05. The Morgan fingerprint density at radius 1 is 1.35 bits per heavy atom. The zero-order valence-corrected chi connectivity index (χ0v) is 16.0. The number of rotatable bonds is 6. The van der Waals surface area contributed by atoms with Crippen molar-refractivity contribution in [3.05, 3.63) is 11.7 Å². The number of aryl methyl sites for hydroxylation is 1. The second-order valence-electron chi connectivity index (χ2n) is 5.20. The van der Waals surface area contributed by atoms with Crippen LogP contribution in [0.3, 0.4) is 0 Å². The summed E-state index contributed by atoms with van der Waals surface area (Å²) in [6.45, 7) is 7.02. The van der Waals surface area contributed by atoms with Crippen LogP contribution in [-0.4, -0.2) is 59.6 Å². The molecule has 0 atom stereocenters. The van der Waals surface area contributed by atoms with Crippen LogP contribution in [0.25, 0.3) is 0 Å². The molecule has 8 nitrogen and oxygen atoms in total. The third-order valence-corrected chi connectivity index (χ3v) is 3.38. The van der Waals surface area contributed by atoms with Crippen LogP contribution in [0.15, 0.2) is 9.52 Å². The van der Waals surface area contributed by atoms with E-state index in [1.807, 2.05) is 11.8 Å². The maximum Gasteiger partial charge on any atom is 0.244 e. The minimum atomic E-state index is 0. The summed E-state index contributed by atoms with van der Waals surface area (Å²) in [6.07, 6.45) is 2.81. The Morgan fingerprint density at radius 3 is 2.70 bits per heavy atom. The summed E-state index contributed by atoms with van der Waals surface area (Å²) in [6, 6.07) is 0. The van der Waals surface area contributed by atoms with Crippen LogP contribution in [-0.2, 0) is 11.2 Å². The zero-order valence-electron chi connectivity index (χ0n) is 13.7. The molecule has 0 bridgehead atoms. The largest absolute Gasteiger partial charge is 0.357 e. The van der Waals surface area contributed by atoms with Crippen LogP contribution in [0, 0.1) is 6.92 Å². The molecule has 1 aromatic heterocycles. The number of aliphatic imine (C=N–C) groups is 1. The predicted octanol–water partition coefficient (Wildman–Crippen LogP) is 0.716. The van der Waals surface area contributed by atoms with E-state index in [1.165, 1.54) is 0 Å². The van der Waals surface area contributed by atoms with Crippen molar-refractivity contribution < 1.29 is 9.32 Å². The summed E-state index contributed by atoms with van der Waals surface area (Å²) in [7, 11) is 0. The highest BCUT2D eigenvalue weighted by Crippen LogP contribution is 2.07. The molecule has 2 heterocycles. The first-order valence-corrected chi connectivity index (χ1v) is 7.78. The summed E-state index contributed by atoms with van der Waals surface area (Å²) in [5, 5.41) is 10.0. The van der Waals surface area contributed by atoms with Crippen LogP contribution in [0.4, 0.5) is 0 Å². The third-order valence-electron chi connectivity index (χ3n) is 3.38. The van der Waals surface area contributed by atoms with E-state index in [0.717, 1.165) is 32.5 Å². The normalized spacial score (nSPS) is 14.5. The maximum absolute atomic E-state index is 12.0. The van der Waals surface area contributed by atoms with Crippen molar-refractivity contribution in [2.75, 3.05) is 32.7 Å². The molecule has 2 rings (SSSR count). The molecule has 1 aromatic rings. The predicted molar refractivity (Wildman–Crippen MR) is 97.9 cm³/mol. The maximum atomic E-state index is 12.0. The second-order valence-corrected chi connectivity index (χ2v) is 5.20. The second kappa shape index (κ2) is 10.4. The van der Waals surface area contributed by atoms with Gasteiger partial charge in [0, 0.05) is 32.6 Å². The van der Waals surface area contributed by atoms with Gasteiger partial charge in [0.1, 0.15) is 6.54 Å². The Labute approximate surface area is 153 Å². The summed E-state index contributed by atoms with van der Waals surface area (Å²) in [5.41, 5.74) is 0. The molecular weight excluding hydrogens is 411 g/mol. The number of halogens is 1. The van der Waals surface area contributed by atoms with Crippen molar-refractivity contribution in [1.29, 1.82) is 0 Å². The van der Waals surface area contributed by atoms with E-state index in [4.69, 9.17) is 4.52 Å². The summed E-state index contributed by atoms with van der Waals surface area (Å²) >= 11 is 0. The number of hydrogen-bond acceptors (Lipinski definition) is 5. The van der Waals surface area contributed by atoms with Gasteiger partial charge in [0.15, 0.2) is 11.8 Å². The van der Waals surface area contributed by atoms with Crippen molar-refractivity contribution in [3.63, 3.8) is 0 Å². The lowest BCUT2D eigenvalue weighted by Crippen LogP contribution is -2.39. The van der Waals surface area contributed by atoms with Gasteiger partial charge in [-0.2, -0.15) is 4.98 Å². The van der Waals surface area contributed by atoms with E-state index < -0.39 is 0 Å². The molecule has 1 amide bonds. The van der Waals surface area contributed by atoms with Gasteiger partial charge in [0.25, 0.3) is 0 Å². The van der Waals surface area contributed by atoms with Gasteiger partial charge in [-0.15, -0.1) is 24.0 Å². The Morgan fingerprint density at radius 2 is 2.09 bits per heavy atom. The topological polar surface area (TPSA) is 95.7 Å². The average Bonchev–Trinajstić information content (AvgIpc) is 3.16. The van der Waals surface area contributed by atoms with Crippen LogP contribution in [0.2, 0.25) is 0 Å². The van der Waals surface area contributed by atoms with Crippen molar-refractivity contribution in [2.24, 2.45) is 4.99 Å². The molecule has 23 heavy (non-hydrogen) atoms. The molecule has 0 unspecified atom stereocenters. The first kappa shape index (κ1) is 19.7. The smallest absolute Gasteiger partial charge is 0.244 e. The quantitative estimate of drug-likeness (QED) is 0.388. The van der Waals surface area contributed by atoms with E-state index in [2.05, 4.69) is 25.8 Å². The van der Waals surface area contributed by atoms with E-state index in [9.17, 15) is 4.79 Å². The minimum absolute atomic E-state index is 0. The molecule has 1 fully saturated rings. The fourth-order valence-electron chi connectivity index (χ4n) is 2.28. The first-order valence-electron chi connectivity index (χ1n) is 7.78. The van der Waals surface area contributed by atoms with Crippen LogP contribution in [0.5, 0.6) is 0 Å². The summed E-state index contributed by atoms with van der Waals surface area (Å²) in [5.74, 6) is 1.94. The molecular formula is C14H25IN6O2. The monoisotopic (exact) mass is 436 g/mol. The first-order chi connectivity index (χ1) is 10.7. The molecule has 0 saturated carbocycles. The number of nitrogens with zero attached hydrogens (tertiary/aromatic N) is 4. The number of amides is 1. The number of aromatic nitrogens is 2.